The van der Waals surface area contributed by atoms with Gasteiger partial charge in [-0.15, -0.1) is 0 Å². The van der Waals surface area contributed by atoms with Gasteiger partial charge in [0.2, 0.25) is 0 Å². The molecule has 0 bridgehead atoms. The average Bonchev–Trinajstić information content (AvgIpc) is 3.23. The van der Waals surface area contributed by atoms with E-state index in [-0.39, 0.29) is 41.8 Å². The van der Waals surface area contributed by atoms with E-state index in [0.29, 0.717) is 5.39 Å². The summed E-state index contributed by atoms with van der Waals surface area (Å²) in [6, 6.07) is 12.4. The van der Waals surface area contributed by atoms with E-state index >= 15 is 0 Å². The Balaban J connectivity index is 1.69. The average molecular weight is 381 g/mol. The molecule has 144 valence electrons. The molecule has 1 amide bonds. The van der Waals surface area contributed by atoms with Gasteiger partial charge in [0.1, 0.15) is 6.17 Å². The summed E-state index contributed by atoms with van der Waals surface area (Å²) >= 11 is 0. The van der Waals surface area contributed by atoms with Crippen molar-refractivity contribution >= 4 is 16.8 Å². The molecule has 1 aliphatic rings. The maximum absolute atomic E-state index is 12.5. The monoisotopic (exact) mass is 381 g/mol. The van der Waals surface area contributed by atoms with Gasteiger partial charge in [-0.3, -0.25) is 9.59 Å². The lowest BCUT2D eigenvalue weighted by Crippen LogP contribution is -2.44. The minimum absolute atomic E-state index is 0.140. The van der Waals surface area contributed by atoms with Crippen LogP contribution >= 0.6 is 0 Å². The second-order valence-corrected chi connectivity index (χ2v) is 6.30. The van der Waals surface area contributed by atoms with Gasteiger partial charge in [0.15, 0.2) is 11.4 Å². The summed E-state index contributed by atoms with van der Waals surface area (Å²) in [6.07, 6.45) is 1.24. The molecule has 0 saturated carbocycles. The zero-order valence-corrected chi connectivity index (χ0v) is 14.8. The SMILES string of the molecule is O=C(NCC1NNNN1)c1ncc2ccc(=O)n(Cc3ccccc3)c2c1O. The Hall–Kier alpha value is -3.31. The van der Waals surface area contributed by atoms with Crippen LogP contribution in [0.5, 0.6) is 5.75 Å². The van der Waals surface area contributed by atoms with Crippen LogP contribution in [0.3, 0.4) is 0 Å². The van der Waals surface area contributed by atoms with Crippen LogP contribution in [0.15, 0.2) is 53.5 Å². The number of amides is 1. The number of aromatic hydroxyl groups is 1. The van der Waals surface area contributed by atoms with Crippen LogP contribution in [0, 0.1) is 0 Å². The molecule has 6 N–H and O–H groups in total. The van der Waals surface area contributed by atoms with Crippen molar-refractivity contribution in [3.8, 4) is 5.75 Å². The van der Waals surface area contributed by atoms with Gasteiger partial charge in [0.05, 0.1) is 12.1 Å². The van der Waals surface area contributed by atoms with Gasteiger partial charge in [0, 0.05) is 24.2 Å². The normalized spacial score (nSPS) is 14.4. The second-order valence-electron chi connectivity index (χ2n) is 6.30. The molecule has 4 rings (SSSR count). The fourth-order valence-corrected chi connectivity index (χ4v) is 3.02. The number of carbonyl (C=O) groups excluding carboxylic acids is 1. The lowest BCUT2D eigenvalue weighted by atomic mass is 10.1. The van der Waals surface area contributed by atoms with Gasteiger partial charge in [-0.05, 0) is 11.6 Å². The van der Waals surface area contributed by atoms with Crippen molar-refractivity contribution in [2.75, 3.05) is 6.54 Å². The lowest BCUT2D eigenvalue weighted by molar-refractivity contribution is 0.0941. The topological polar surface area (TPSA) is 132 Å². The molecule has 0 aliphatic carbocycles. The first kappa shape index (κ1) is 18.1. The zero-order chi connectivity index (χ0) is 19.5. The number of hydrazine groups is 3. The number of fused-ring (bicyclic) bond motifs is 1. The molecule has 0 radical (unpaired) electrons. The van der Waals surface area contributed by atoms with E-state index in [1.54, 1.807) is 6.07 Å². The van der Waals surface area contributed by atoms with Crippen LogP contribution in [0.1, 0.15) is 16.1 Å². The lowest BCUT2D eigenvalue weighted by Gasteiger charge is -2.14. The Labute approximate surface area is 159 Å². The third-order valence-corrected chi connectivity index (χ3v) is 4.42. The first-order chi connectivity index (χ1) is 13.6. The Morgan fingerprint density at radius 3 is 2.64 bits per heavy atom. The fourth-order valence-electron chi connectivity index (χ4n) is 3.02. The number of nitrogens with one attached hydrogen (secondary N) is 5. The van der Waals surface area contributed by atoms with Crippen LogP contribution in [0.4, 0.5) is 0 Å². The van der Waals surface area contributed by atoms with E-state index in [0.717, 1.165) is 5.56 Å². The molecular formula is C18H19N7O3. The summed E-state index contributed by atoms with van der Waals surface area (Å²) in [6.45, 7) is 0.506. The third kappa shape index (κ3) is 3.57. The second kappa shape index (κ2) is 7.74. The first-order valence-corrected chi connectivity index (χ1v) is 8.68. The van der Waals surface area contributed by atoms with Crippen LogP contribution in [0.2, 0.25) is 0 Å². The Bertz CT molecular complexity index is 1060. The van der Waals surface area contributed by atoms with Crippen molar-refractivity contribution in [3.63, 3.8) is 0 Å². The van der Waals surface area contributed by atoms with Gasteiger partial charge in [-0.1, -0.05) is 30.3 Å². The Morgan fingerprint density at radius 2 is 1.89 bits per heavy atom. The largest absolute Gasteiger partial charge is 0.504 e. The molecular weight excluding hydrogens is 362 g/mol. The highest BCUT2D eigenvalue weighted by atomic mass is 16.3. The quantitative estimate of drug-likeness (QED) is 0.343. The number of hydrogen-bond acceptors (Lipinski definition) is 8. The molecule has 1 aromatic carbocycles. The van der Waals surface area contributed by atoms with Crippen LogP contribution in [-0.4, -0.2) is 33.3 Å². The summed E-state index contributed by atoms with van der Waals surface area (Å²) in [4.78, 5) is 29.1. The maximum Gasteiger partial charge on any atom is 0.273 e. The van der Waals surface area contributed by atoms with Crippen molar-refractivity contribution in [1.29, 1.82) is 0 Å². The number of nitrogens with zero attached hydrogens (tertiary/aromatic N) is 2. The predicted octanol–water partition coefficient (Wildman–Crippen LogP) is -0.677. The third-order valence-electron chi connectivity index (χ3n) is 4.42. The summed E-state index contributed by atoms with van der Waals surface area (Å²) < 4.78 is 1.44. The van der Waals surface area contributed by atoms with Gasteiger partial charge in [-0.2, -0.15) is 11.1 Å². The van der Waals surface area contributed by atoms with E-state index in [2.05, 4.69) is 32.2 Å². The highest BCUT2D eigenvalue weighted by Gasteiger charge is 2.20. The fraction of sp³-hybridized carbons (Fsp3) is 0.167. The molecule has 1 fully saturated rings. The summed E-state index contributed by atoms with van der Waals surface area (Å²) in [5, 5.41) is 14.0. The van der Waals surface area contributed by atoms with Gasteiger partial charge in [-0.25, -0.2) is 15.8 Å². The molecule has 28 heavy (non-hydrogen) atoms. The Morgan fingerprint density at radius 1 is 1.14 bits per heavy atom. The molecule has 1 saturated heterocycles. The number of carbonyl (C=O) groups is 1. The highest BCUT2D eigenvalue weighted by molar-refractivity contribution is 6.00. The predicted molar refractivity (Wildman–Crippen MR) is 102 cm³/mol. The molecule has 2 aromatic heterocycles. The van der Waals surface area contributed by atoms with Crippen LogP contribution < -0.4 is 32.8 Å². The summed E-state index contributed by atoms with van der Waals surface area (Å²) in [5.74, 6) is -0.871. The highest BCUT2D eigenvalue weighted by Crippen LogP contribution is 2.26. The number of pyridine rings is 2. The minimum Gasteiger partial charge on any atom is -0.504 e. The van der Waals surface area contributed by atoms with Gasteiger partial charge < -0.3 is 15.0 Å². The summed E-state index contributed by atoms with van der Waals surface area (Å²) in [7, 11) is 0. The molecule has 1 aliphatic heterocycles. The van der Waals surface area contributed by atoms with Crippen molar-refractivity contribution < 1.29 is 9.90 Å². The number of rotatable bonds is 5. The van der Waals surface area contributed by atoms with Crippen molar-refractivity contribution in [2.45, 2.75) is 12.7 Å². The molecule has 3 aromatic rings. The van der Waals surface area contributed by atoms with E-state index in [1.165, 1.54) is 16.8 Å². The Kier molecular flexibility index (Phi) is 5.00. The summed E-state index contributed by atoms with van der Waals surface area (Å²) in [5.41, 5.74) is 11.7. The molecule has 10 heteroatoms. The number of aromatic nitrogens is 2. The van der Waals surface area contributed by atoms with E-state index in [1.807, 2.05) is 30.3 Å². The van der Waals surface area contributed by atoms with Gasteiger partial charge in [0.25, 0.3) is 11.5 Å². The molecule has 3 heterocycles. The van der Waals surface area contributed by atoms with Gasteiger partial charge >= 0.3 is 0 Å². The smallest absolute Gasteiger partial charge is 0.273 e. The van der Waals surface area contributed by atoms with Crippen molar-refractivity contribution in [1.82, 2.24) is 36.8 Å². The van der Waals surface area contributed by atoms with E-state index in [4.69, 9.17) is 0 Å². The van der Waals surface area contributed by atoms with Crippen molar-refractivity contribution in [3.05, 3.63) is 70.3 Å². The molecule has 0 unspecified atom stereocenters. The van der Waals surface area contributed by atoms with Crippen LogP contribution in [-0.2, 0) is 6.54 Å². The zero-order valence-electron chi connectivity index (χ0n) is 14.8. The van der Waals surface area contributed by atoms with E-state index in [9.17, 15) is 14.7 Å². The molecule has 0 atom stereocenters. The minimum atomic E-state index is -0.544. The first-order valence-electron chi connectivity index (χ1n) is 8.68. The van der Waals surface area contributed by atoms with Crippen LogP contribution in [0.25, 0.3) is 10.9 Å². The number of benzene rings is 1. The van der Waals surface area contributed by atoms with E-state index < -0.39 is 5.91 Å². The number of hydrogen-bond donors (Lipinski definition) is 6. The standard InChI is InChI=1S/C18H19N7O3/c26-14-7-6-12-8-19-15(18(28)20-9-13-21-23-24-22-13)17(27)16(12)25(14)10-11-4-2-1-3-5-11/h1-8,13,21-24,27H,9-10H2,(H,20,28). The molecule has 10 nitrogen and oxygen atoms in total. The maximum atomic E-state index is 12.5. The van der Waals surface area contributed by atoms with Crippen molar-refractivity contribution in [2.24, 2.45) is 0 Å². The molecule has 0 spiro atoms.